The monoisotopic (exact) mass is 698 g/mol. The summed E-state index contributed by atoms with van der Waals surface area (Å²) in [5.74, 6) is 0. The van der Waals surface area contributed by atoms with Crippen LogP contribution in [-0.2, 0) is 0 Å². The Bertz CT molecular complexity index is 809. The molecule has 0 heterocycles. The third-order valence-electron chi connectivity index (χ3n) is 9.45. The maximum absolute atomic E-state index is 2.53. The van der Waals surface area contributed by atoms with Crippen LogP contribution in [0.1, 0.15) is 83.1 Å². The summed E-state index contributed by atoms with van der Waals surface area (Å²) in [6.45, 7) is 28.7. The summed E-state index contributed by atoms with van der Waals surface area (Å²) in [6, 6.07) is 22.2. The van der Waals surface area contributed by atoms with Crippen molar-refractivity contribution in [2.75, 3.05) is 0 Å². The molecule has 0 radical (unpaired) electrons. The quantitative estimate of drug-likeness (QED) is 0.273. The molecule has 3 heteroatoms. The van der Waals surface area contributed by atoms with Gasteiger partial charge in [-0.2, -0.15) is 0 Å². The molecule has 2 aromatic carbocycles. The first kappa shape index (κ1) is 37.1. The summed E-state index contributed by atoms with van der Waals surface area (Å²) >= 11 is -4.74. The molecule has 0 amide bonds. The molecule has 0 aliphatic heterocycles. The van der Waals surface area contributed by atoms with Crippen molar-refractivity contribution in [3.63, 3.8) is 0 Å². The topological polar surface area (TPSA) is 0 Å². The van der Waals surface area contributed by atoms with Crippen molar-refractivity contribution < 1.29 is 0 Å². The Labute approximate surface area is 242 Å². The molecule has 0 aliphatic carbocycles. The fourth-order valence-electron chi connectivity index (χ4n) is 4.67. The van der Waals surface area contributed by atoms with E-state index in [1.54, 1.807) is 8.70 Å². The number of hydrogen-bond acceptors (Lipinski definition) is 0. The van der Waals surface area contributed by atoms with Gasteiger partial charge >= 0.3 is 244 Å². The van der Waals surface area contributed by atoms with E-state index in [9.17, 15) is 0 Å². The van der Waals surface area contributed by atoms with Crippen LogP contribution in [0.3, 0.4) is 0 Å². The van der Waals surface area contributed by atoms with Gasteiger partial charge in [-0.25, -0.2) is 0 Å². The summed E-state index contributed by atoms with van der Waals surface area (Å²) in [6.07, 6.45) is 0. The van der Waals surface area contributed by atoms with E-state index in [0.29, 0.717) is 12.6 Å². The first-order valence-corrected chi connectivity index (χ1v) is 31.2. The standard InChI is InChI=1S/C17H23As.C10H24As.C7H18As/c1-17(2,3)18(4,15-11-7-5-8-12-15)16-13-9-6-10-14-16;1-7-11(8-2,9-3)10(4,5)6;1-7(2,3)8(4,5)6/h5-14,18H,1-4H3;7-9H2,1-6H3;1-6H3/q;2*+1. The predicted octanol–water partition coefficient (Wildman–Crippen LogP) is 10.8. The van der Waals surface area contributed by atoms with E-state index >= 15 is 0 Å². The first-order valence-electron chi connectivity index (χ1n) is 14.4. The number of benzene rings is 2. The van der Waals surface area contributed by atoms with Gasteiger partial charge in [-0.05, 0) is 0 Å². The molecule has 0 nitrogen and oxygen atoms in total. The first-order chi connectivity index (χ1) is 16.6. The number of hydrogen-bond donors (Lipinski definition) is 0. The van der Waals surface area contributed by atoms with Gasteiger partial charge in [0.25, 0.3) is 0 Å². The second-order valence-electron chi connectivity index (χ2n) is 14.6. The molecular formula is C34H65As3+2. The van der Waals surface area contributed by atoms with Crippen molar-refractivity contribution >= 4 is 49.4 Å². The fourth-order valence-corrected chi connectivity index (χ4v) is 21.4. The van der Waals surface area contributed by atoms with Crippen LogP contribution in [0, 0.1) is 0 Å². The van der Waals surface area contributed by atoms with Gasteiger partial charge in [0, 0.05) is 0 Å². The van der Waals surface area contributed by atoms with Crippen LogP contribution in [0.4, 0.5) is 0 Å². The zero-order valence-electron chi connectivity index (χ0n) is 27.8. The Morgan fingerprint density at radius 1 is 0.541 bits per heavy atom. The van der Waals surface area contributed by atoms with Crippen LogP contribution in [0.2, 0.25) is 51.1 Å². The molecule has 0 saturated heterocycles. The van der Waals surface area contributed by atoms with Crippen molar-refractivity contribution in [2.45, 2.75) is 134 Å². The average molecular weight is 699 g/mol. The Morgan fingerprint density at radius 3 is 0.946 bits per heavy atom. The van der Waals surface area contributed by atoms with Crippen LogP contribution in [-0.4, -0.2) is 40.7 Å². The van der Waals surface area contributed by atoms with Crippen LogP contribution in [0.25, 0.3) is 0 Å². The summed E-state index contributed by atoms with van der Waals surface area (Å²) in [7, 11) is 0. The van der Waals surface area contributed by atoms with Crippen LogP contribution < -0.4 is 8.70 Å². The number of rotatable bonds is 5. The molecule has 0 saturated carbocycles. The molecule has 0 unspecified atom stereocenters. The zero-order valence-corrected chi connectivity index (χ0v) is 33.6. The van der Waals surface area contributed by atoms with Gasteiger partial charge in [-0.1, -0.05) is 0 Å². The molecule has 214 valence electrons. The van der Waals surface area contributed by atoms with Gasteiger partial charge < -0.3 is 0 Å². The van der Waals surface area contributed by atoms with E-state index in [0.717, 1.165) is 0 Å². The SMILES string of the molecule is CC(C)(C)[As+](C)(C)C.CC(C)(C)[AsH](C)(c1ccccc1)c1ccccc1.CC[As+](CC)(CC)C(C)(C)C. The molecular weight excluding hydrogens is 633 g/mol. The normalized spacial score (nSPS) is 13.6. The van der Waals surface area contributed by atoms with Gasteiger partial charge in [-0.15, -0.1) is 0 Å². The van der Waals surface area contributed by atoms with Crippen LogP contribution in [0.5, 0.6) is 0 Å². The third-order valence-corrected chi connectivity index (χ3v) is 44.0. The molecule has 37 heavy (non-hydrogen) atoms. The van der Waals surface area contributed by atoms with Gasteiger partial charge in [-0.3, -0.25) is 0 Å². The molecule has 0 bridgehead atoms. The van der Waals surface area contributed by atoms with Crippen LogP contribution >= 0.6 is 0 Å². The van der Waals surface area contributed by atoms with E-state index in [2.05, 4.69) is 167 Å². The van der Waals surface area contributed by atoms with E-state index in [1.807, 2.05) is 0 Å². The molecule has 0 atom stereocenters. The zero-order chi connectivity index (χ0) is 29.3. The van der Waals surface area contributed by atoms with Crippen molar-refractivity contribution in [3.8, 4) is 0 Å². The second kappa shape index (κ2) is 14.7. The second-order valence-corrected chi connectivity index (χ2v) is 47.7. The molecule has 0 fully saturated rings. The Morgan fingerprint density at radius 2 is 0.811 bits per heavy atom. The minimum atomic E-state index is -2.31. The summed E-state index contributed by atoms with van der Waals surface area (Å²) in [5, 5.41) is 4.44. The van der Waals surface area contributed by atoms with Crippen molar-refractivity contribution in [1.29, 1.82) is 0 Å². The average Bonchev–Trinajstić information content (AvgIpc) is 2.79. The molecule has 0 N–H and O–H groups in total. The van der Waals surface area contributed by atoms with Gasteiger partial charge in [0.1, 0.15) is 0 Å². The fraction of sp³-hybridized carbons (Fsp3) is 0.647. The van der Waals surface area contributed by atoms with E-state index in [1.165, 1.54) is 15.6 Å². The minimum absolute atomic E-state index is 0.350. The molecule has 0 aromatic heterocycles. The van der Waals surface area contributed by atoms with E-state index in [4.69, 9.17) is 0 Å². The van der Waals surface area contributed by atoms with Crippen molar-refractivity contribution in [3.05, 3.63) is 60.7 Å². The maximum atomic E-state index is 2.53. The Hall–Kier alpha value is 0.115. The van der Waals surface area contributed by atoms with Gasteiger partial charge in [0.2, 0.25) is 0 Å². The molecule has 2 rings (SSSR count). The molecule has 0 aliphatic rings. The van der Waals surface area contributed by atoms with Crippen molar-refractivity contribution in [2.24, 2.45) is 0 Å². The van der Waals surface area contributed by atoms with Gasteiger partial charge in [0.15, 0.2) is 0 Å². The van der Waals surface area contributed by atoms with E-state index in [-0.39, 0.29) is 0 Å². The van der Waals surface area contributed by atoms with E-state index < -0.39 is 40.7 Å². The summed E-state index contributed by atoms with van der Waals surface area (Å²) in [5.41, 5.74) is 9.86. The van der Waals surface area contributed by atoms with Crippen LogP contribution in [0.15, 0.2) is 60.7 Å². The molecule has 2 aromatic rings. The van der Waals surface area contributed by atoms with Crippen molar-refractivity contribution in [1.82, 2.24) is 0 Å². The molecule has 0 spiro atoms. The summed E-state index contributed by atoms with van der Waals surface area (Å²) in [4.78, 5) is 0. The summed E-state index contributed by atoms with van der Waals surface area (Å²) < 4.78 is 4.73. The Balaban J connectivity index is 0.000000585. The van der Waals surface area contributed by atoms with Gasteiger partial charge in [0.05, 0.1) is 0 Å². The Kier molecular flexibility index (Phi) is 14.7. The predicted molar refractivity (Wildman–Crippen MR) is 185 cm³/mol. The third kappa shape index (κ3) is 10.2.